The van der Waals surface area contributed by atoms with Gasteiger partial charge in [0.05, 0.1) is 11.5 Å². The molecule has 21 heavy (non-hydrogen) atoms. The van der Waals surface area contributed by atoms with Crippen LogP contribution in [0.3, 0.4) is 0 Å². The van der Waals surface area contributed by atoms with Gasteiger partial charge in [0.15, 0.2) is 0 Å². The molecule has 0 saturated heterocycles. The average molecular weight is 293 g/mol. The molecule has 0 spiro atoms. The molecule has 0 aliphatic heterocycles. The maximum Gasteiger partial charge on any atom is 0.310 e. The molecule has 1 fully saturated rings. The number of halogens is 1. The number of aliphatic carboxylic acids is 1. The Morgan fingerprint density at radius 3 is 2.38 bits per heavy atom. The predicted molar refractivity (Wildman–Crippen MR) is 76.1 cm³/mol. The fourth-order valence-corrected chi connectivity index (χ4v) is 2.95. The van der Waals surface area contributed by atoms with Gasteiger partial charge < -0.3 is 10.4 Å². The van der Waals surface area contributed by atoms with Crippen LogP contribution < -0.4 is 5.32 Å². The molecule has 0 bridgehead atoms. The van der Waals surface area contributed by atoms with Gasteiger partial charge in [0.2, 0.25) is 5.91 Å². The lowest BCUT2D eigenvalue weighted by atomic mass is 9.82. The topological polar surface area (TPSA) is 66.4 Å². The van der Waals surface area contributed by atoms with Crippen LogP contribution in [0.15, 0.2) is 24.3 Å². The van der Waals surface area contributed by atoms with Crippen molar-refractivity contribution in [1.82, 2.24) is 5.32 Å². The zero-order valence-electron chi connectivity index (χ0n) is 12.1. The maximum absolute atomic E-state index is 12.9. The molecule has 1 amide bonds. The molecular weight excluding hydrogens is 273 g/mol. The lowest BCUT2D eigenvalue weighted by molar-refractivity contribution is -0.151. The first-order chi connectivity index (χ1) is 9.93. The summed E-state index contributed by atoms with van der Waals surface area (Å²) in [6.07, 6.45) is 2.83. The van der Waals surface area contributed by atoms with Crippen LogP contribution in [0.5, 0.6) is 0 Å². The lowest BCUT2D eigenvalue weighted by Gasteiger charge is -2.24. The molecule has 0 heterocycles. The van der Waals surface area contributed by atoms with Gasteiger partial charge in [-0.1, -0.05) is 25.0 Å². The second-order valence-electron chi connectivity index (χ2n) is 5.81. The molecule has 4 nitrogen and oxygen atoms in total. The molecule has 1 atom stereocenters. The van der Waals surface area contributed by atoms with Gasteiger partial charge in [0.1, 0.15) is 5.82 Å². The van der Waals surface area contributed by atoms with E-state index in [2.05, 4.69) is 5.32 Å². The van der Waals surface area contributed by atoms with Gasteiger partial charge in [0, 0.05) is 6.42 Å². The van der Waals surface area contributed by atoms with Crippen LogP contribution in [0.1, 0.15) is 50.6 Å². The number of hydrogen-bond acceptors (Lipinski definition) is 2. The van der Waals surface area contributed by atoms with Gasteiger partial charge in [-0.25, -0.2) is 4.39 Å². The highest BCUT2D eigenvalue weighted by Gasteiger charge is 2.43. The van der Waals surface area contributed by atoms with Crippen molar-refractivity contribution >= 4 is 11.9 Å². The highest BCUT2D eigenvalue weighted by molar-refractivity contribution is 5.85. The van der Waals surface area contributed by atoms with E-state index in [1.54, 1.807) is 19.1 Å². The number of rotatable bonds is 5. The Morgan fingerprint density at radius 1 is 1.29 bits per heavy atom. The van der Waals surface area contributed by atoms with Crippen molar-refractivity contribution in [3.05, 3.63) is 35.6 Å². The van der Waals surface area contributed by atoms with Gasteiger partial charge in [-0.2, -0.15) is 0 Å². The average Bonchev–Trinajstić information content (AvgIpc) is 2.89. The Balaban J connectivity index is 1.97. The van der Waals surface area contributed by atoms with Crippen molar-refractivity contribution in [3.63, 3.8) is 0 Å². The molecule has 1 saturated carbocycles. The third kappa shape index (κ3) is 3.60. The van der Waals surface area contributed by atoms with Crippen molar-refractivity contribution in [2.24, 2.45) is 5.41 Å². The molecule has 2 rings (SSSR count). The Labute approximate surface area is 123 Å². The molecule has 1 aliphatic rings. The summed E-state index contributed by atoms with van der Waals surface area (Å²) in [5.74, 6) is -1.48. The molecule has 0 radical (unpaired) electrons. The molecule has 1 aliphatic carbocycles. The Kier molecular flexibility index (Phi) is 4.60. The first kappa shape index (κ1) is 15.5. The molecule has 0 aromatic heterocycles. The Hall–Kier alpha value is -1.91. The van der Waals surface area contributed by atoms with E-state index in [9.17, 15) is 19.1 Å². The van der Waals surface area contributed by atoms with E-state index in [-0.39, 0.29) is 24.2 Å². The third-order valence-electron chi connectivity index (χ3n) is 4.26. The molecule has 1 aromatic rings. The number of nitrogens with one attached hydrogen (secondary N) is 1. The van der Waals surface area contributed by atoms with Crippen LogP contribution in [-0.4, -0.2) is 17.0 Å². The summed E-state index contributed by atoms with van der Waals surface area (Å²) in [6, 6.07) is 5.64. The molecule has 114 valence electrons. The first-order valence-corrected chi connectivity index (χ1v) is 7.21. The van der Waals surface area contributed by atoms with Gasteiger partial charge in [-0.05, 0) is 37.5 Å². The monoisotopic (exact) mass is 293 g/mol. The normalized spacial score (nSPS) is 18.2. The summed E-state index contributed by atoms with van der Waals surface area (Å²) >= 11 is 0. The van der Waals surface area contributed by atoms with Gasteiger partial charge in [-0.15, -0.1) is 0 Å². The van der Waals surface area contributed by atoms with Crippen molar-refractivity contribution < 1.29 is 19.1 Å². The predicted octanol–water partition coefficient (Wildman–Crippen LogP) is 3.04. The van der Waals surface area contributed by atoms with Gasteiger partial charge in [0.25, 0.3) is 0 Å². The van der Waals surface area contributed by atoms with Gasteiger partial charge in [-0.3, -0.25) is 9.59 Å². The van der Waals surface area contributed by atoms with Crippen molar-refractivity contribution in [1.29, 1.82) is 0 Å². The van der Waals surface area contributed by atoms with E-state index in [4.69, 9.17) is 0 Å². The van der Waals surface area contributed by atoms with Crippen LogP contribution in [0, 0.1) is 11.2 Å². The second kappa shape index (κ2) is 6.24. The van der Waals surface area contributed by atoms with E-state index in [1.807, 2.05) is 0 Å². The Morgan fingerprint density at radius 2 is 1.86 bits per heavy atom. The number of hydrogen-bond donors (Lipinski definition) is 2. The highest BCUT2D eigenvalue weighted by atomic mass is 19.1. The van der Waals surface area contributed by atoms with Gasteiger partial charge >= 0.3 is 5.97 Å². The van der Waals surface area contributed by atoms with Crippen molar-refractivity contribution in [2.75, 3.05) is 0 Å². The zero-order chi connectivity index (χ0) is 15.5. The smallest absolute Gasteiger partial charge is 0.310 e. The summed E-state index contributed by atoms with van der Waals surface area (Å²) < 4.78 is 12.9. The van der Waals surface area contributed by atoms with E-state index in [0.29, 0.717) is 12.8 Å². The Bertz CT molecular complexity index is 521. The van der Waals surface area contributed by atoms with E-state index >= 15 is 0 Å². The zero-order valence-corrected chi connectivity index (χ0v) is 12.1. The van der Waals surface area contributed by atoms with Crippen LogP contribution in [0.2, 0.25) is 0 Å². The number of carboxylic acid groups (broad SMARTS) is 1. The standard InChI is InChI=1S/C16H20FNO3/c1-11(12-4-6-13(17)7-5-12)18-14(19)10-16(15(20)21)8-2-3-9-16/h4-7,11H,2-3,8-10H2,1H3,(H,18,19)(H,20,21). The highest BCUT2D eigenvalue weighted by Crippen LogP contribution is 2.41. The molecular formula is C16H20FNO3. The SMILES string of the molecule is CC(NC(=O)CC1(C(=O)O)CCCC1)c1ccc(F)cc1. The minimum absolute atomic E-state index is 0.00781. The number of benzene rings is 1. The molecule has 1 aromatic carbocycles. The number of carboxylic acids is 1. The minimum Gasteiger partial charge on any atom is -0.481 e. The first-order valence-electron chi connectivity index (χ1n) is 7.21. The largest absolute Gasteiger partial charge is 0.481 e. The molecule has 1 unspecified atom stereocenters. The molecule has 2 N–H and O–H groups in total. The number of carbonyl (C=O) groups excluding carboxylic acids is 1. The van der Waals surface area contributed by atoms with Crippen LogP contribution in [0.25, 0.3) is 0 Å². The lowest BCUT2D eigenvalue weighted by Crippen LogP contribution is -2.36. The summed E-state index contributed by atoms with van der Waals surface area (Å²) in [6.45, 7) is 1.80. The summed E-state index contributed by atoms with van der Waals surface area (Å²) in [5.41, 5.74) is -0.118. The summed E-state index contributed by atoms with van der Waals surface area (Å²) in [7, 11) is 0. The summed E-state index contributed by atoms with van der Waals surface area (Å²) in [5, 5.41) is 12.2. The van der Waals surface area contributed by atoms with Crippen molar-refractivity contribution in [2.45, 2.75) is 45.1 Å². The number of amides is 1. The quantitative estimate of drug-likeness (QED) is 0.877. The van der Waals surface area contributed by atoms with Crippen LogP contribution >= 0.6 is 0 Å². The summed E-state index contributed by atoms with van der Waals surface area (Å²) in [4.78, 5) is 23.5. The molecule has 5 heteroatoms. The van der Waals surface area contributed by atoms with Crippen molar-refractivity contribution in [3.8, 4) is 0 Å². The van der Waals surface area contributed by atoms with E-state index in [0.717, 1.165) is 18.4 Å². The number of carbonyl (C=O) groups is 2. The fourth-order valence-electron chi connectivity index (χ4n) is 2.95. The third-order valence-corrected chi connectivity index (χ3v) is 4.26. The van der Waals surface area contributed by atoms with E-state index < -0.39 is 11.4 Å². The van der Waals surface area contributed by atoms with Crippen LogP contribution in [0.4, 0.5) is 4.39 Å². The van der Waals surface area contributed by atoms with E-state index in [1.165, 1.54) is 12.1 Å². The second-order valence-corrected chi connectivity index (χ2v) is 5.81. The maximum atomic E-state index is 12.9. The van der Waals surface area contributed by atoms with Crippen LogP contribution in [-0.2, 0) is 9.59 Å². The minimum atomic E-state index is -0.910. The fraction of sp³-hybridized carbons (Fsp3) is 0.500.